The van der Waals surface area contributed by atoms with Gasteiger partial charge in [-0.2, -0.15) is 0 Å². The van der Waals surface area contributed by atoms with Crippen molar-refractivity contribution in [2.24, 2.45) is 0 Å². The van der Waals surface area contributed by atoms with E-state index in [1.54, 1.807) is 12.1 Å². The van der Waals surface area contributed by atoms with Crippen LogP contribution in [0.3, 0.4) is 0 Å². The van der Waals surface area contributed by atoms with Gasteiger partial charge in [-0.3, -0.25) is 14.4 Å². The van der Waals surface area contributed by atoms with Crippen molar-refractivity contribution in [2.75, 3.05) is 12.4 Å². The molecule has 0 fully saturated rings. The monoisotopic (exact) mass is 557 g/mol. The third-order valence-electron chi connectivity index (χ3n) is 6.06. The lowest BCUT2D eigenvalue weighted by atomic mass is 10.0. The maximum absolute atomic E-state index is 12.8. The average Bonchev–Trinajstić information content (AvgIpc) is 3.54. The van der Waals surface area contributed by atoms with Crippen LogP contribution in [0, 0.1) is 0 Å². The molecule has 0 aliphatic carbocycles. The fourth-order valence-electron chi connectivity index (χ4n) is 4.12. The summed E-state index contributed by atoms with van der Waals surface area (Å²) in [6.07, 6.45) is 3.22. The number of carbonyl (C=O) groups is 3. The highest BCUT2D eigenvalue weighted by Gasteiger charge is 2.25. The quantitative estimate of drug-likeness (QED) is 0.285. The smallest absolute Gasteiger partial charge is 0.305 e. The van der Waals surface area contributed by atoms with E-state index in [9.17, 15) is 19.5 Å². The molecular formula is C28H28ClNO5S2. The number of aryl methyl sites for hydroxylation is 2. The molecule has 1 unspecified atom stereocenters. The molecule has 1 aromatic heterocycles. The molecule has 37 heavy (non-hydrogen) atoms. The number of halogens is 1. The molecule has 0 bridgehead atoms. The minimum atomic E-state index is -1.14. The third-order valence-corrected chi connectivity index (χ3v) is 8.58. The first kappa shape index (κ1) is 27.2. The van der Waals surface area contributed by atoms with E-state index in [0.717, 1.165) is 48.5 Å². The number of thioether (sulfide) groups is 1. The zero-order valence-corrected chi connectivity index (χ0v) is 22.6. The van der Waals surface area contributed by atoms with Gasteiger partial charge in [-0.05, 0) is 60.2 Å². The maximum Gasteiger partial charge on any atom is 0.305 e. The summed E-state index contributed by atoms with van der Waals surface area (Å²) in [5, 5.41) is 12.5. The molecule has 1 aliphatic rings. The first-order valence-corrected chi connectivity index (χ1v) is 14.4. The lowest BCUT2D eigenvalue weighted by molar-refractivity contribution is -0.139. The zero-order valence-electron chi connectivity index (χ0n) is 20.2. The molecule has 3 aromatic rings. The van der Waals surface area contributed by atoms with Gasteiger partial charge in [0, 0.05) is 22.1 Å². The number of carbonyl (C=O) groups excluding carboxylic acids is 2. The van der Waals surface area contributed by atoms with Crippen LogP contribution >= 0.6 is 34.7 Å². The summed E-state index contributed by atoms with van der Waals surface area (Å²) in [5.74, 6) is -0.313. The Kier molecular flexibility index (Phi) is 9.66. The highest BCUT2D eigenvalue weighted by molar-refractivity contribution is 7.99. The van der Waals surface area contributed by atoms with E-state index in [0.29, 0.717) is 15.7 Å². The van der Waals surface area contributed by atoms with Crippen LogP contribution in [-0.2, 0) is 34.6 Å². The number of rotatable bonds is 13. The summed E-state index contributed by atoms with van der Waals surface area (Å²) >= 11 is 8.87. The van der Waals surface area contributed by atoms with Gasteiger partial charge in [0.15, 0.2) is 5.78 Å². The Morgan fingerprint density at radius 2 is 1.95 bits per heavy atom. The summed E-state index contributed by atoms with van der Waals surface area (Å²) in [5.41, 5.74) is 3.44. The van der Waals surface area contributed by atoms with E-state index in [1.165, 1.54) is 34.2 Å². The van der Waals surface area contributed by atoms with Crippen LogP contribution in [0.2, 0.25) is 5.02 Å². The van der Waals surface area contributed by atoms with Crippen LogP contribution < -0.4 is 10.1 Å². The molecule has 2 N–H and O–H groups in total. The van der Waals surface area contributed by atoms with Crippen LogP contribution in [0.5, 0.6) is 5.75 Å². The van der Waals surface area contributed by atoms with Gasteiger partial charge < -0.3 is 15.2 Å². The van der Waals surface area contributed by atoms with Crippen LogP contribution in [0.4, 0.5) is 0 Å². The van der Waals surface area contributed by atoms with Gasteiger partial charge >= 0.3 is 5.97 Å². The van der Waals surface area contributed by atoms with E-state index in [2.05, 4.69) is 17.4 Å². The SMILES string of the molecule is O=C(O)CC(NC(=O)c1ccc(CCCc2ccc3c(c2)CCO3)s1)C(=O)CSCc1ccccc1Cl. The van der Waals surface area contributed by atoms with Gasteiger partial charge in [0.05, 0.1) is 29.7 Å². The first-order chi connectivity index (χ1) is 17.9. The highest BCUT2D eigenvalue weighted by Crippen LogP contribution is 2.27. The third kappa shape index (κ3) is 7.84. The Morgan fingerprint density at radius 1 is 1.11 bits per heavy atom. The van der Waals surface area contributed by atoms with Crippen LogP contribution in [-0.4, -0.2) is 41.2 Å². The number of ether oxygens (including phenoxy) is 1. The number of nitrogens with one attached hydrogen (secondary N) is 1. The molecule has 1 atom stereocenters. The van der Waals surface area contributed by atoms with Crippen molar-refractivity contribution in [1.29, 1.82) is 0 Å². The van der Waals surface area contributed by atoms with E-state index in [1.807, 2.05) is 30.3 Å². The number of fused-ring (bicyclic) bond motifs is 1. The molecule has 194 valence electrons. The van der Waals surface area contributed by atoms with Gasteiger partial charge in [0.2, 0.25) is 0 Å². The van der Waals surface area contributed by atoms with Crippen molar-refractivity contribution in [3.05, 3.63) is 86.1 Å². The Balaban J connectivity index is 1.27. The fourth-order valence-corrected chi connectivity index (χ4v) is 6.33. The Labute approximate surface area is 229 Å². The second-order valence-electron chi connectivity index (χ2n) is 8.83. The number of hydrogen-bond donors (Lipinski definition) is 2. The molecule has 2 aromatic carbocycles. The standard InChI is InChI=1S/C28H28ClNO5S2/c29-22-7-2-1-5-20(22)16-36-17-24(31)23(15-27(32)33)30-28(34)26-11-9-21(37-26)6-3-4-18-8-10-25-19(14-18)12-13-35-25/h1-2,5,7-11,14,23H,3-4,6,12-13,15-17H2,(H,30,34)(H,32,33). The molecule has 6 nitrogen and oxygen atoms in total. The normalized spacial score (nSPS) is 13.0. The minimum absolute atomic E-state index is 0.0773. The van der Waals surface area contributed by atoms with Gasteiger partial charge in [0.25, 0.3) is 5.91 Å². The highest BCUT2D eigenvalue weighted by atomic mass is 35.5. The zero-order chi connectivity index (χ0) is 26.2. The van der Waals surface area contributed by atoms with E-state index in [4.69, 9.17) is 16.3 Å². The van der Waals surface area contributed by atoms with Gasteiger partial charge in [-0.25, -0.2) is 0 Å². The number of ketones is 1. The van der Waals surface area contributed by atoms with Crippen LogP contribution in [0.1, 0.15) is 44.1 Å². The van der Waals surface area contributed by atoms with Crippen molar-refractivity contribution >= 4 is 52.4 Å². The largest absolute Gasteiger partial charge is 0.493 e. The Bertz CT molecular complexity index is 1270. The Morgan fingerprint density at radius 3 is 2.76 bits per heavy atom. The predicted molar refractivity (Wildman–Crippen MR) is 148 cm³/mol. The number of aliphatic carboxylic acids is 1. The summed E-state index contributed by atoms with van der Waals surface area (Å²) in [6, 6.07) is 16.3. The van der Waals surface area contributed by atoms with Crippen LogP contribution in [0.25, 0.3) is 0 Å². The number of Topliss-reactive ketones (excluding diaryl/α,β-unsaturated/α-hetero) is 1. The summed E-state index contributed by atoms with van der Waals surface area (Å²) in [7, 11) is 0. The van der Waals surface area contributed by atoms with Gasteiger partial charge in [-0.1, -0.05) is 41.9 Å². The molecule has 0 saturated carbocycles. The average molecular weight is 558 g/mol. The van der Waals surface area contributed by atoms with E-state index in [-0.39, 0.29) is 11.5 Å². The number of hydrogen-bond acceptors (Lipinski definition) is 6. The molecule has 1 amide bonds. The summed E-state index contributed by atoms with van der Waals surface area (Å²) < 4.78 is 5.56. The Hall–Kier alpha value is -2.81. The molecule has 0 spiro atoms. The fraction of sp³-hybridized carbons (Fsp3) is 0.321. The van der Waals surface area contributed by atoms with Crippen LogP contribution in [0.15, 0.2) is 54.6 Å². The number of carboxylic acids is 1. The number of benzene rings is 2. The molecule has 0 radical (unpaired) electrons. The second kappa shape index (κ2) is 13.1. The lowest BCUT2D eigenvalue weighted by Crippen LogP contribution is -2.43. The van der Waals surface area contributed by atoms with Crippen molar-refractivity contribution < 1.29 is 24.2 Å². The molecule has 9 heteroatoms. The number of thiophene rings is 1. The summed E-state index contributed by atoms with van der Waals surface area (Å²) in [4.78, 5) is 38.4. The van der Waals surface area contributed by atoms with Crippen molar-refractivity contribution in [3.8, 4) is 5.75 Å². The van der Waals surface area contributed by atoms with Crippen molar-refractivity contribution in [1.82, 2.24) is 5.32 Å². The topological polar surface area (TPSA) is 92.7 Å². The minimum Gasteiger partial charge on any atom is -0.493 e. The second-order valence-corrected chi connectivity index (χ2v) is 11.4. The molecule has 0 saturated heterocycles. The van der Waals surface area contributed by atoms with E-state index >= 15 is 0 Å². The van der Waals surface area contributed by atoms with Gasteiger partial charge in [-0.15, -0.1) is 23.1 Å². The number of carboxylic acid groups (broad SMARTS) is 1. The lowest BCUT2D eigenvalue weighted by Gasteiger charge is -2.15. The van der Waals surface area contributed by atoms with E-state index < -0.39 is 24.3 Å². The molecule has 2 heterocycles. The molecular weight excluding hydrogens is 530 g/mol. The molecule has 1 aliphatic heterocycles. The maximum atomic E-state index is 12.8. The predicted octanol–water partition coefficient (Wildman–Crippen LogP) is 5.59. The summed E-state index contributed by atoms with van der Waals surface area (Å²) in [6.45, 7) is 0.749. The first-order valence-electron chi connectivity index (χ1n) is 12.1. The van der Waals surface area contributed by atoms with Crippen molar-refractivity contribution in [2.45, 2.75) is 43.9 Å². The molecule has 4 rings (SSSR count). The van der Waals surface area contributed by atoms with Crippen molar-refractivity contribution in [3.63, 3.8) is 0 Å². The number of amides is 1. The van der Waals surface area contributed by atoms with Gasteiger partial charge in [0.1, 0.15) is 5.75 Å².